The number of hydrogen-bond acceptors (Lipinski definition) is 6. The van der Waals surface area contributed by atoms with Crippen molar-refractivity contribution in [3.8, 4) is 10.6 Å². The van der Waals surface area contributed by atoms with Gasteiger partial charge >= 0.3 is 5.97 Å². The molecule has 5 aromatic rings. The van der Waals surface area contributed by atoms with E-state index in [1.807, 2.05) is 54.8 Å². The molecule has 5 rings (SSSR count). The van der Waals surface area contributed by atoms with E-state index < -0.39 is 11.9 Å². The van der Waals surface area contributed by atoms with E-state index in [0.29, 0.717) is 15.4 Å². The molecule has 0 unspecified atom stereocenters. The van der Waals surface area contributed by atoms with Gasteiger partial charge in [-0.15, -0.1) is 11.3 Å². The Morgan fingerprint density at radius 3 is 2.74 bits per heavy atom. The van der Waals surface area contributed by atoms with Gasteiger partial charge in [0.2, 0.25) is 0 Å². The van der Waals surface area contributed by atoms with Crippen LogP contribution in [0.3, 0.4) is 0 Å². The van der Waals surface area contributed by atoms with Gasteiger partial charge in [0, 0.05) is 10.4 Å². The number of carbonyl (C=O) groups is 2. The van der Waals surface area contributed by atoms with Crippen molar-refractivity contribution < 1.29 is 14.3 Å². The van der Waals surface area contributed by atoms with Crippen LogP contribution in [-0.2, 0) is 16.1 Å². The highest BCUT2D eigenvalue weighted by Gasteiger charge is 2.18. The number of aryl methyl sites for hydroxylation is 1. The van der Waals surface area contributed by atoms with Crippen molar-refractivity contribution in [3.63, 3.8) is 0 Å². The molecule has 3 heterocycles. The van der Waals surface area contributed by atoms with E-state index in [1.165, 1.54) is 11.3 Å². The van der Waals surface area contributed by atoms with Crippen LogP contribution in [0.4, 0.5) is 0 Å². The molecule has 6 nitrogen and oxygen atoms in total. The normalized spacial score (nSPS) is 11.9. The van der Waals surface area contributed by atoms with Gasteiger partial charge in [-0.25, -0.2) is 4.98 Å². The average molecular weight is 522 g/mol. The van der Waals surface area contributed by atoms with Gasteiger partial charge in [-0.05, 0) is 55.1 Å². The SMILES string of the molecule is CCOC(=O)Cn1c(=NC(=O)c2cc(-c3cccs3)nc3ccccc23)sc2ccc(Cl)c(C)c21. The summed E-state index contributed by atoms with van der Waals surface area (Å²) >= 11 is 9.26. The number of amides is 1. The highest BCUT2D eigenvalue weighted by Crippen LogP contribution is 2.29. The molecule has 3 aromatic heterocycles. The summed E-state index contributed by atoms with van der Waals surface area (Å²) in [4.78, 5) is 36.6. The second-order valence-electron chi connectivity index (χ2n) is 7.76. The van der Waals surface area contributed by atoms with Crippen LogP contribution >= 0.6 is 34.3 Å². The smallest absolute Gasteiger partial charge is 0.326 e. The summed E-state index contributed by atoms with van der Waals surface area (Å²) in [6, 6.07) is 16.9. The number of aromatic nitrogens is 2. The van der Waals surface area contributed by atoms with Gasteiger partial charge in [0.05, 0.1) is 38.5 Å². The lowest BCUT2D eigenvalue weighted by Gasteiger charge is -2.08. The predicted molar refractivity (Wildman–Crippen MR) is 141 cm³/mol. The van der Waals surface area contributed by atoms with Crippen molar-refractivity contribution in [2.75, 3.05) is 6.61 Å². The lowest BCUT2D eigenvalue weighted by Crippen LogP contribution is -2.23. The Balaban J connectivity index is 1.71. The van der Waals surface area contributed by atoms with Crippen LogP contribution in [0.5, 0.6) is 0 Å². The van der Waals surface area contributed by atoms with Gasteiger partial charge in [0.15, 0.2) is 4.80 Å². The van der Waals surface area contributed by atoms with Gasteiger partial charge in [0.25, 0.3) is 5.91 Å². The van der Waals surface area contributed by atoms with Crippen LogP contribution in [0, 0.1) is 6.92 Å². The number of rotatable bonds is 5. The van der Waals surface area contributed by atoms with Crippen molar-refractivity contribution in [2.45, 2.75) is 20.4 Å². The Morgan fingerprint density at radius 2 is 1.97 bits per heavy atom. The Kier molecular flexibility index (Phi) is 6.51. The summed E-state index contributed by atoms with van der Waals surface area (Å²) in [6.45, 7) is 3.83. The van der Waals surface area contributed by atoms with Crippen LogP contribution in [-0.4, -0.2) is 28.0 Å². The quantitative estimate of drug-likeness (QED) is 0.256. The number of hydrogen-bond donors (Lipinski definition) is 0. The number of para-hydroxylation sites is 1. The number of fused-ring (bicyclic) bond motifs is 2. The van der Waals surface area contributed by atoms with Crippen LogP contribution in [0.25, 0.3) is 31.7 Å². The largest absolute Gasteiger partial charge is 0.465 e. The maximum Gasteiger partial charge on any atom is 0.326 e. The first-order valence-electron chi connectivity index (χ1n) is 10.9. The molecule has 176 valence electrons. The molecule has 0 aliphatic heterocycles. The van der Waals surface area contributed by atoms with Crippen molar-refractivity contribution in [1.82, 2.24) is 9.55 Å². The van der Waals surface area contributed by atoms with E-state index in [9.17, 15) is 9.59 Å². The van der Waals surface area contributed by atoms with Gasteiger partial charge in [-0.2, -0.15) is 4.99 Å². The molecule has 0 saturated carbocycles. The molecule has 2 aromatic carbocycles. The van der Waals surface area contributed by atoms with E-state index >= 15 is 0 Å². The van der Waals surface area contributed by atoms with Crippen molar-refractivity contribution in [1.29, 1.82) is 0 Å². The van der Waals surface area contributed by atoms with E-state index in [1.54, 1.807) is 35.0 Å². The first-order chi connectivity index (χ1) is 17.0. The Labute approximate surface area is 214 Å². The predicted octanol–water partition coefficient (Wildman–Crippen LogP) is 6.25. The summed E-state index contributed by atoms with van der Waals surface area (Å²) in [5.74, 6) is -0.816. The number of thiazole rings is 1. The van der Waals surface area contributed by atoms with Gasteiger partial charge in [-0.1, -0.05) is 47.2 Å². The lowest BCUT2D eigenvalue weighted by atomic mass is 10.1. The zero-order valence-corrected chi connectivity index (χ0v) is 21.3. The lowest BCUT2D eigenvalue weighted by molar-refractivity contribution is -0.143. The van der Waals surface area contributed by atoms with Crippen molar-refractivity contribution in [2.24, 2.45) is 4.99 Å². The molecule has 9 heteroatoms. The molecule has 0 aliphatic carbocycles. The summed E-state index contributed by atoms with van der Waals surface area (Å²) in [5.41, 5.74) is 3.47. The maximum atomic E-state index is 13.6. The van der Waals surface area contributed by atoms with Crippen LogP contribution < -0.4 is 4.80 Å². The molecule has 0 radical (unpaired) electrons. The monoisotopic (exact) mass is 521 g/mol. The summed E-state index contributed by atoms with van der Waals surface area (Å²) in [7, 11) is 0. The topological polar surface area (TPSA) is 73.6 Å². The van der Waals surface area contributed by atoms with E-state index in [0.717, 1.165) is 37.3 Å². The molecule has 0 aliphatic rings. The fourth-order valence-electron chi connectivity index (χ4n) is 3.93. The zero-order valence-electron chi connectivity index (χ0n) is 18.9. The number of halogens is 1. The third-order valence-corrected chi connectivity index (χ3v) is 7.89. The summed E-state index contributed by atoms with van der Waals surface area (Å²) in [6.07, 6.45) is 0. The highest BCUT2D eigenvalue weighted by molar-refractivity contribution is 7.16. The number of pyridine rings is 1. The second kappa shape index (κ2) is 9.73. The number of ether oxygens (including phenoxy) is 1. The molecule has 0 fully saturated rings. The van der Waals surface area contributed by atoms with Gasteiger partial charge < -0.3 is 9.30 Å². The summed E-state index contributed by atoms with van der Waals surface area (Å²) in [5, 5.41) is 3.27. The Morgan fingerprint density at radius 1 is 1.14 bits per heavy atom. The molecule has 0 spiro atoms. The minimum Gasteiger partial charge on any atom is -0.465 e. The molecule has 1 amide bonds. The second-order valence-corrected chi connectivity index (χ2v) is 10.1. The van der Waals surface area contributed by atoms with Crippen LogP contribution in [0.1, 0.15) is 22.8 Å². The fourth-order valence-corrected chi connectivity index (χ4v) is 5.86. The first kappa shape index (κ1) is 23.4. The van der Waals surface area contributed by atoms with E-state index in [2.05, 4.69) is 4.99 Å². The average Bonchev–Trinajstić information content (AvgIpc) is 3.50. The number of thiophene rings is 1. The molecule has 0 saturated heterocycles. The highest BCUT2D eigenvalue weighted by atomic mass is 35.5. The van der Waals surface area contributed by atoms with E-state index in [4.69, 9.17) is 21.3 Å². The number of nitrogens with zero attached hydrogens (tertiary/aromatic N) is 3. The van der Waals surface area contributed by atoms with Gasteiger partial charge in [-0.3, -0.25) is 9.59 Å². The molecular formula is C26H20ClN3O3S2. The molecule has 35 heavy (non-hydrogen) atoms. The number of benzene rings is 2. The third kappa shape index (κ3) is 4.52. The third-order valence-electron chi connectivity index (χ3n) is 5.54. The maximum absolute atomic E-state index is 13.6. The van der Waals surface area contributed by atoms with Gasteiger partial charge in [0.1, 0.15) is 6.54 Å². The zero-order chi connectivity index (χ0) is 24.5. The molecule has 0 atom stereocenters. The molecule has 0 N–H and O–H groups in total. The Bertz CT molecular complexity index is 1650. The number of esters is 1. The number of carbonyl (C=O) groups excluding carboxylic acids is 2. The minimum atomic E-state index is -0.408. The minimum absolute atomic E-state index is 0.0708. The molecule has 0 bridgehead atoms. The Hall–Kier alpha value is -3.33. The van der Waals surface area contributed by atoms with Crippen LogP contribution in [0.2, 0.25) is 5.02 Å². The van der Waals surface area contributed by atoms with Crippen LogP contribution in [0.15, 0.2) is 65.0 Å². The van der Waals surface area contributed by atoms with Crippen molar-refractivity contribution >= 4 is 67.3 Å². The van der Waals surface area contributed by atoms with Crippen molar-refractivity contribution in [3.05, 3.63) is 80.9 Å². The fraction of sp³-hybridized carbons (Fsp3) is 0.154. The van der Waals surface area contributed by atoms with E-state index in [-0.39, 0.29) is 13.2 Å². The summed E-state index contributed by atoms with van der Waals surface area (Å²) < 4.78 is 7.76. The standard InChI is InChI=1S/C26H20ClN3O3S2/c1-3-33-23(31)14-30-24-15(2)18(27)10-11-22(24)35-26(30)29-25(32)17-13-20(21-9-6-12-34-21)28-19-8-5-4-7-16(17)19/h4-13H,3,14H2,1-2H3. The molecular weight excluding hydrogens is 502 g/mol. The first-order valence-corrected chi connectivity index (χ1v) is 13.0.